The number of allylic oxidation sites excluding steroid dienone is 1. The van der Waals surface area contributed by atoms with Gasteiger partial charge in [0.2, 0.25) is 11.8 Å². The van der Waals surface area contributed by atoms with E-state index in [9.17, 15) is 35.9 Å². The van der Waals surface area contributed by atoms with Crippen LogP contribution in [0, 0.1) is 0 Å². The zero-order chi connectivity index (χ0) is 42.4. The van der Waals surface area contributed by atoms with Gasteiger partial charge in [0.15, 0.2) is 41.5 Å². The van der Waals surface area contributed by atoms with E-state index in [1.165, 1.54) is 6.08 Å². The monoisotopic (exact) mass is 843 g/mol. The molecule has 2 N–H and O–H groups in total. The second kappa shape index (κ2) is 18.0. The molecule has 0 saturated carbocycles. The Kier molecular flexibility index (Phi) is 12.6. The van der Waals surface area contributed by atoms with Crippen LogP contribution in [0.3, 0.4) is 0 Å². The third-order valence-corrected chi connectivity index (χ3v) is 9.89. The number of halogens is 6. The number of aromatic nitrogens is 8. The van der Waals surface area contributed by atoms with E-state index >= 15 is 0 Å². The topological polar surface area (TPSA) is 176 Å². The maximum atomic E-state index is 13.8. The Balaban J connectivity index is 1.30. The lowest BCUT2D eigenvalue weighted by molar-refractivity contribution is -0.221. The number of anilines is 2. The maximum absolute atomic E-state index is 13.8. The molecule has 60 heavy (non-hydrogen) atoms. The number of carbonyl (C=O) groups excluding carboxylic acids is 2. The van der Waals surface area contributed by atoms with E-state index in [0.717, 1.165) is 59.2 Å². The summed E-state index contributed by atoms with van der Waals surface area (Å²) in [5.41, 5.74) is 1.93. The molecule has 2 aromatic carbocycles. The fourth-order valence-corrected chi connectivity index (χ4v) is 7.08. The number of carbonyl (C=O) groups is 2. The summed E-state index contributed by atoms with van der Waals surface area (Å²) in [6.07, 6.45) is -14.2. The van der Waals surface area contributed by atoms with Gasteiger partial charge in [0, 0.05) is 25.6 Å². The second-order valence-electron chi connectivity index (χ2n) is 14.0. The number of hydrogen-bond donors (Lipinski definition) is 2. The Morgan fingerprint density at radius 2 is 1.52 bits per heavy atom. The number of rotatable bonds is 15. The van der Waals surface area contributed by atoms with Crippen molar-refractivity contribution in [2.75, 3.05) is 43.4 Å². The van der Waals surface area contributed by atoms with E-state index in [-0.39, 0.29) is 41.9 Å². The van der Waals surface area contributed by atoms with E-state index in [1.54, 1.807) is 0 Å². The highest BCUT2D eigenvalue weighted by molar-refractivity contribution is 5.84. The summed E-state index contributed by atoms with van der Waals surface area (Å²) in [4.78, 5) is 41.7. The molecule has 0 spiro atoms. The number of ether oxygens (including phenoxy) is 3. The molecule has 318 valence electrons. The van der Waals surface area contributed by atoms with Crippen molar-refractivity contribution in [3.63, 3.8) is 0 Å². The van der Waals surface area contributed by atoms with E-state index in [4.69, 9.17) is 19.2 Å². The molecule has 2 saturated heterocycles. The fraction of sp³-hybridized carbons (Fsp3) is 0.421. The van der Waals surface area contributed by atoms with Crippen LogP contribution in [0.25, 0.3) is 11.2 Å². The van der Waals surface area contributed by atoms with Crippen LogP contribution in [0.4, 0.5) is 38.1 Å². The van der Waals surface area contributed by atoms with Gasteiger partial charge in [0.25, 0.3) is 0 Å². The Morgan fingerprint density at radius 3 is 2.13 bits per heavy atom. The minimum atomic E-state index is -5.62. The summed E-state index contributed by atoms with van der Waals surface area (Å²) >= 11 is 0. The molecule has 4 atom stereocenters. The fourth-order valence-electron chi connectivity index (χ4n) is 7.08. The van der Waals surface area contributed by atoms with Crippen LogP contribution in [0.1, 0.15) is 54.5 Å². The summed E-state index contributed by atoms with van der Waals surface area (Å²) in [5.74, 6) is -6.06. The largest absolute Gasteiger partial charge is 0.490 e. The van der Waals surface area contributed by atoms with Crippen molar-refractivity contribution in [1.29, 1.82) is 0 Å². The molecule has 3 aromatic heterocycles. The first-order valence-corrected chi connectivity index (χ1v) is 18.9. The molecule has 2 aliphatic heterocycles. The van der Waals surface area contributed by atoms with Crippen LogP contribution in [-0.2, 0) is 30.3 Å². The molecule has 2 aliphatic rings. The number of tetrazole rings is 1. The van der Waals surface area contributed by atoms with Crippen molar-refractivity contribution >= 4 is 34.9 Å². The molecular weight excluding hydrogens is 804 g/mol. The standard InChI is InChI=1S/C38H39F6N11O5/c1-2-17-55-51-31(50-52-55)28-27(59-34(56)37(39,40)41)29(60-35(57)38(42,43)44)33(58-28)54-22-47-26-30(48-36(49-32(26)54)45-16-20-53-18-10-5-11-19-53)46-21-25(23-12-6-3-7-13-23)24-14-8-4-9-15-24/h2-4,6-9,12-15,22,25,27-29,33H,1,5,10-11,16-21H2,(H2,45,46,48,49)/t27-,28+,29-,33-/m1/s1. The number of benzene rings is 2. The van der Waals surface area contributed by atoms with Crippen LogP contribution < -0.4 is 10.6 Å². The lowest BCUT2D eigenvalue weighted by atomic mass is 9.91. The predicted octanol–water partition coefficient (Wildman–Crippen LogP) is 5.36. The first-order valence-electron chi connectivity index (χ1n) is 18.9. The van der Waals surface area contributed by atoms with Gasteiger partial charge in [-0.2, -0.15) is 41.1 Å². The smallest absolute Gasteiger partial charge is 0.448 e. The van der Waals surface area contributed by atoms with Crippen molar-refractivity contribution in [3.05, 3.63) is 96.6 Å². The van der Waals surface area contributed by atoms with E-state index < -0.39 is 54.7 Å². The molecule has 0 amide bonds. The van der Waals surface area contributed by atoms with E-state index in [0.29, 0.717) is 13.1 Å². The highest BCUT2D eigenvalue weighted by Crippen LogP contribution is 2.44. The molecule has 0 radical (unpaired) electrons. The number of esters is 2. The highest BCUT2D eigenvalue weighted by atomic mass is 19.4. The Bertz CT molecular complexity index is 2210. The van der Waals surface area contributed by atoms with Crippen molar-refractivity contribution in [2.45, 2.75) is 68.6 Å². The minimum Gasteiger partial charge on any atom is -0.448 e. The number of likely N-dealkylation sites (tertiary alicyclic amines) is 1. The third-order valence-electron chi connectivity index (χ3n) is 9.89. The van der Waals surface area contributed by atoms with Crippen LogP contribution in [0.15, 0.2) is 79.6 Å². The molecule has 22 heteroatoms. The summed E-state index contributed by atoms with van der Waals surface area (Å²) in [6, 6.07) is 19.3. The van der Waals surface area contributed by atoms with Crippen LogP contribution in [0.5, 0.6) is 0 Å². The molecule has 16 nitrogen and oxygen atoms in total. The van der Waals surface area contributed by atoms with Crippen molar-refractivity contribution in [1.82, 2.24) is 44.6 Å². The molecule has 7 rings (SSSR count). The van der Waals surface area contributed by atoms with Gasteiger partial charge in [-0.1, -0.05) is 73.2 Å². The van der Waals surface area contributed by atoms with Gasteiger partial charge >= 0.3 is 24.3 Å². The van der Waals surface area contributed by atoms with Gasteiger partial charge in [0.1, 0.15) is 0 Å². The van der Waals surface area contributed by atoms with Gasteiger partial charge < -0.3 is 29.7 Å². The molecule has 5 aromatic rings. The van der Waals surface area contributed by atoms with Gasteiger partial charge in [-0.15, -0.1) is 16.8 Å². The number of hydrogen-bond acceptors (Lipinski definition) is 14. The lowest BCUT2D eigenvalue weighted by Gasteiger charge is -2.26. The molecule has 0 unspecified atom stereocenters. The average molecular weight is 844 g/mol. The molecule has 0 aliphatic carbocycles. The number of fused-ring (bicyclic) bond motifs is 1. The minimum absolute atomic E-state index is 0.0373. The molecule has 5 heterocycles. The number of imidazole rings is 1. The van der Waals surface area contributed by atoms with Crippen LogP contribution >= 0.6 is 0 Å². The predicted molar refractivity (Wildman–Crippen MR) is 200 cm³/mol. The van der Waals surface area contributed by atoms with Gasteiger partial charge in [-0.3, -0.25) is 4.57 Å². The van der Waals surface area contributed by atoms with Crippen LogP contribution in [-0.4, -0.2) is 114 Å². The summed E-state index contributed by atoms with van der Waals surface area (Å²) in [7, 11) is 0. The zero-order valence-electron chi connectivity index (χ0n) is 31.7. The normalized spacial score (nSPS) is 20.0. The van der Waals surface area contributed by atoms with Crippen molar-refractivity contribution in [2.24, 2.45) is 0 Å². The van der Waals surface area contributed by atoms with Gasteiger partial charge in [-0.25, -0.2) is 14.6 Å². The second-order valence-corrected chi connectivity index (χ2v) is 14.0. The molecular formula is C38H39F6N11O5. The average Bonchev–Trinajstić information content (AvgIpc) is 3.96. The van der Waals surface area contributed by atoms with Crippen LogP contribution in [0.2, 0.25) is 0 Å². The van der Waals surface area contributed by atoms with Gasteiger partial charge in [0.05, 0.1) is 12.9 Å². The zero-order valence-corrected chi connectivity index (χ0v) is 31.7. The Hall–Kier alpha value is -6.16. The summed E-state index contributed by atoms with van der Waals surface area (Å²) in [6.45, 7) is 6.64. The number of nitrogens with one attached hydrogen (secondary N) is 2. The molecule has 0 bridgehead atoms. The summed E-state index contributed by atoms with van der Waals surface area (Å²) in [5, 5.41) is 18.1. The first-order chi connectivity index (χ1) is 28.8. The highest BCUT2D eigenvalue weighted by Gasteiger charge is 2.57. The number of piperidine rings is 1. The Labute approximate surface area is 337 Å². The third kappa shape index (κ3) is 9.65. The SMILES string of the molecule is C=CCn1nnc([C@H]2O[C@@H](n3cnc4c(NCC(c5ccccc5)c5ccccc5)nc(NCCN5CCCCC5)nc43)[C@H](OC(=O)C(F)(F)F)[C@@H]2OC(=O)C(F)(F)F)n1. The molecule has 2 fully saturated rings. The number of alkyl halides is 6. The summed E-state index contributed by atoms with van der Waals surface area (Å²) < 4.78 is 98.8. The van der Waals surface area contributed by atoms with Crippen molar-refractivity contribution < 1.29 is 50.1 Å². The quantitative estimate of drug-likeness (QED) is 0.0783. The van der Waals surface area contributed by atoms with Crippen molar-refractivity contribution in [3.8, 4) is 0 Å². The van der Waals surface area contributed by atoms with E-state index in [2.05, 4.69) is 47.5 Å². The Morgan fingerprint density at radius 1 is 0.883 bits per heavy atom. The maximum Gasteiger partial charge on any atom is 0.490 e. The van der Waals surface area contributed by atoms with Gasteiger partial charge in [-0.05, 0) is 42.3 Å². The number of nitrogens with zero attached hydrogens (tertiary/aromatic N) is 9. The first kappa shape index (κ1) is 42.0. The van der Waals surface area contributed by atoms with E-state index in [1.807, 2.05) is 60.7 Å². The lowest BCUT2D eigenvalue weighted by Crippen LogP contribution is -2.42.